The van der Waals surface area contributed by atoms with Gasteiger partial charge in [0.1, 0.15) is 0 Å². The fourth-order valence-corrected chi connectivity index (χ4v) is 1.67. The highest BCUT2D eigenvalue weighted by molar-refractivity contribution is 4.84. The van der Waals surface area contributed by atoms with Crippen LogP contribution in [0.3, 0.4) is 0 Å². The summed E-state index contributed by atoms with van der Waals surface area (Å²) in [5.74, 6) is 0.705. The Balaban J connectivity index is 2.10. The number of nitrogens with one attached hydrogen (secondary N) is 1. The van der Waals surface area contributed by atoms with E-state index in [2.05, 4.69) is 19.2 Å². The molecule has 0 amide bonds. The summed E-state index contributed by atoms with van der Waals surface area (Å²) in [5.41, 5.74) is 0. The van der Waals surface area contributed by atoms with Crippen molar-refractivity contribution in [2.45, 2.75) is 32.4 Å². The summed E-state index contributed by atoms with van der Waals surface area (Å²) in [4.78, 5) is 0. The molecule has 0 aromatic rings. The molecule has 13 heavy (non-hydrogen) atoms. The fraction of sp³-hybridized carbons (Fsp3) is 1.00. The molecule has 1 rings (SSSR count). The van der Waals surface area contributed by atoms with E-state index in [1.807, 2.05) is 0 Å². The molecule has 3 nitrogen and oxygen atoms in total. The van der Waals surface area contributed by atoms with E-state index in [0.29, 0.717) is 31.3 Å². The zero-order valence-corrected chi connectivity index (χ0v) is 8.88. The Hall–Kier alpha value is -0.120. The van der Waals surface area contributed by atoms with Gasteiger partial charge in [0, 0.05) is 19.7 Å². The van der Waals surface area contributed by atoms with Crippen molar-refractivity contribution in [3.8, 4) is 0 Å². The molecule has 1 N–H and O–H groups in total. The van der Waals surface area contributed by atoms with E-state index in [-0.39, 0.29) is 0 Å². The average Bonchev–Trinajstić information content (AvgIpc) is 2.53. The van der Waals surface area contributed by atoms with Crippen LogP contribution >= 0.6 is 0 Å². The Labute approximate surface area is 80.8 Å². The summed E-state index contributed by atoms with van der Waals surface area (Å²) in [6, 6.07) is 0.632. The molecule has 1 aliphatic heterocycles. The first-order valence-corrected chi connectivity index (χ1v) is 5.08. The second kappa shape index (κ2) is 5.58. The van der Waals surface area contributed by atoms with Crippen molar-refractivity contribution in [2.75, 3.05) is 26.9 Å². The van der Waals surface area contributed by atoms with Crippen molar-refractivity contribution in [1.82, 2.24) is 5.32 Å². The van der Waals surface area contributed by atoms with E-state index in [0.717, 1.165) is 13.0 Å². The monoisotopic (exact) mass is 187 g/mol. The minimum absolute atomic E-state index is 0.391. The van der Waals surface area contributed by atoms with Crippen LogP contribution in [0.4, 0.5) is 0 Å². The van der Waals surface area contributed by atoms with Crippen molar-refractivity contribution in [3.05, 3.63) is 0 Å². The predicted octanol–water partition coefficient (Wildman–Crippen LogP) is 1.04. The Morgan fingerprint density at radius 2 is 2.15 bits per heavy atom. The van der Waals surface area contributed by atoms with E-state index in [1.54, 1.807) is 7.11 Å². The largest absolute Gasteiger partial charge is 0.382 e. The molecule has 0 saturated carbocycles. The van der Waals surface area contributed by atoms with Gasteiger partial charge in [-0.15, -0.1) is 0 Å². The third-order valence-electron chi connectivity index (χ3n) is 2.57. The van der Waals surface area contributed by atoms with Gasteiger partial charge in [-0.1, -0.05) is 13.8 Å². The van der Waals surface area contributed by atoms with Gasteiger partial charge in [0.25, 0.3) is 0 Å². The van der Waals surface area contributed by atoms with Crippen LogP contribution in [0.2, 0.25) is 0 Å². The van der Waals surface area contributed by atoms with E-state index in [9.17, 15) is 0 Å². The van der Waals surface area contributed by atoms with E-state index in [1.165, 1.54) is 0 Å². The molecule has 1 saturated heterocycles. The smallest absolute Gasteiger partial charge is 0.0715 e. The molecule has 0 radical (unpaired) electrons. The van der Waals surface area contributed by atoms with Gasteiger partial charge in [0.2, 0.25) is 0 Å². The third kappa shape index (κ3) is 3.63. The summed E-state index contributed by atoms with van der Waals surface area (Å²) >= 11 is 0. The first-order chi connectivity index (χ1) is 6.24. The number of rotatable bonds is 5. The molecule has 1 aliphatic rings. The minimum Gasteiger partial charge on any atom is -0.382 e. The molecule has 0 spiro atoms. The van der Waals surface area contributed by atoms with Crippen LogP contribution in [0, 0.1) is 5.92 Å². The zero-order valence-electron chi connectivity index (χ0n) is 8.88. The highest BCUT2D eigenvalue weighted by atomic mass is 16.5. The fourth-order valence-electron chi connectivity index (χ4n) is 1.67. The van der Waals surface area contributed by atoms with E-state index in [4.69, 9.17) is 9.47 Å². The number of methoxy groups -OCH3 is 1. The van der Waals surface area contributed by atoms with Gasteiger partial charge in [0.05, 0.1) is 19.3 Å². The van der Waals surface area contributed by atoms with Gasteiger partial charge in [-0.25, -0.2) is 0 Å². The SMILES string of the molecule is COCCO[C@@H]1CN[C@H](C(C)C)C1. The second-order valence-corrected chi connectivity index (χ2v) is 3.98. The van der Waals surface area contributed by atoms with Gasteiger partial charge in [-0.3, -0.25) is 0 Å². The maximum absolute atomic E-state index is 5.64. The highest BCUT2D eigenvalue weighted by Gasteiger charge is 2.26. The molecule has 0 aliphatic carbocycles. The molecule has 0 aromatic carbocycles. The standard InChI is InChI=1S/C10H21NO2/c1-8(2)10-6-9(7-11-10)13-5-4-12-3/h8-11H,4-7H2,1-3H3/t9-,10-/m0/s1. The average molecular weight is 187 g/mol. The van der Waals surface area contributed by atoms with Crippen molar-refractivity contribution >= 4 is 0 Å². The lowest BCUT2D eigenvalue weighted by molar-refractivity contribution is 0.0255. The Morgan fingerprint density at radius 1 is 1.38 bits per heavy atom. The highest BCUT2D eigenvalue weighted by Crippen LogP contribution is 2.16. The van der Waals surface area contributed by atoms with Gasteiger partial charge in [-0.05, 0) is 12.3 Å². The first kappa shape index (κ1) is 11.0. The molecule has 0 unspecified atom stereocenters. The summed E-state index contributed by atoms with van der Waals surface area (Å²) < 4.78 is 10.6. The molecule has 3 heteroatoms. The molecule has 0 bridgehead atoms. The summed E-state index contributed by atoms with van der Waals surface area (Å²) in [5, 5.41) is 3.47. The number of ether oxygens (including phenoxy) is 2. The molecule has 2 atom stereocenters. The van der Waals surface area contributed by atoms with Crippen LogP contribution in [0.1, 0.15) is 20.3 Å². The summed E-state index contributed by atoms with van der Waals surface area (Å²) in [6.07, 6.45) is 1.53. The van der Waals surface area contributed by atoms with E-state index < -0.39 is 0 Å². The van der Waals surface area contributed by atoms with Gasteiger partial charge < -0.3 is 14.8 Å². The molecule has 78 valence electrons. The van der Waals surface area contributed by atoms with E-state index >= 15 is 0 Å². The van der Waals surface area contributed by atoms with Crippen LogP contribution in [0.5, 0.6) is 0 Å². The topological polar surface area (TPSA) is 30.5 Å². The van der Waals surface area contributed by atoms with Crippen molar-refractivity contribution in [2.24, 2.45) is 5.92 Å². The summed E-state index contributed by atoms with van der Waals surface area (Å²) in [6.45, 7) is 6.90. The Morgan fingerprint density at radius 3 is 2.69 bits per heavy atom. The maximum Gasteiger partial charge on any atom is 0.0715 e. The van der Waals surface area contributed by atoms with Crippen LogP contribution in [0.25, 0.3) is 0 Å². The molecule has 1 fully saturated rings. The van der Waals surface area contributed by atoms with Crippen LogP contribution in [-0.2, 0) is 9.47 Å². The molecular formula is C10H21NO2. The Bertz CT molecular complexity index is 139. The van der Waals surface area contributed by atoms with Crippen molar-refractivity contribution in [3.63, 3.8) is 0 Å². The maximum atomic E-state index is 5.64. The summed E-state index contributed by atoms with van der Waals surface area (Å²) in [7, 11) is 1.70. The zero-order chi connectivity index (χ0) is 9.68. The molecule has 0 aromatic heterocycles. The lowest BCUT2D eigenvalue weighted by atomic mass is 10.0. The van der Waals surface area contributed by atoms with Gasteiger partial charge in [0.15, 0.2) is 0 Å². The number of hydrogen-bond donors (Lipinski definition) is 1. The first-order valence-electron chi connectivity index (χ1n) is 5.08. The van der Waals surface area contributed by atoms with Crippen LogP contribution in [0.15, 0.2) is 0 Å². The molecule has 1 heterocycles. The number of hydrogen-bond acceptors (Lipinski definition) is 3. The van der Waals surface area contributed by atoms with Gasteiger partial charge in [-0.2, -0.15) is 0 Å². The lowest BCUT2D eigenvalue weighted by Gasteiger charge is -2.14. The Kier molecular flexibility index (Phi) is 4.70. The lowest BCUT2D eigenvalue weighted by Crippen LogP contribution is -2.26. The van der Waals surface area contributed by atoms with Crippen molar-refractivity contribution < 1.29 is 9.47 Å². The van der Waals surface area contributed by atoms with Crippen molar-refractivity contribution in [1.29, 1.82) is 0 Å². The van der Waals surface area contributed by atoms with Gasteiger partial charge >= 0.3 is 0 Å². The molecular weight excluding hydrogens is 166 g/mol. The minimum atomic E-state index is 0.391. The second-order valence-electron chi connectivity index (χ2n) is 3.98. The predicted molar refractivity (Wildman–Crippen MR) is 52.9 cm³/mol. The normalized spacial score (nSPS) is 28.6. The van der Waals surface area contributed by atoms with Crippen LogP contribution in [-0.4, -0.2) is 39.0 Å². The third-order valence-corrected chi connectivity index (χ3v) is 2.57. The van der Waals surface area contributed by atoms with Crippen LogP contribution < -0.4 is 5.32 Å². The quantitative estimate of drug-likeness (QED) is 0.652.